The quantitative estimate of drug-likeness (QED) is 0.907. The molecule has 128 valence electrons. The van der Waals surface area contributed by atoms with Crippen LogP contribution >= 0.6 is 0 Å². The van der Waals surface area contributed by atoms with Crippen LogP contribution in [0.2, 0.25) is 0 Å². The van der Waals surface area contributed by atoms with Crippen LogP contribution < -0.4 is 5.32 Å². The Labute approximate surface area is 135 Å². The molecule has 3 rings (SSSR count). The van der Waals surface area contributed by atoms with Crippen molar-refractivity contribution >= 4 is 5.91 Å². The first-order valence-electron chi connectivity index (χ1n) is 7.39. The smallest absolute Gasteiger partial charge is 0.333 e. The Kier molecular flexibility index (Phi) is 4.27. The molecule has 1 aliphatic heterocycles. The van der Waals surface area contributed by atoms with Gasteiger partial charge in [0, 0.05) is 36.8 Å². The van der Waals surface area contributed by atoms with E-state index in [0.717, 1.165) is 13.1 Å². The molecule has 2 aromatic rings. The molecule has 1 N–H and O–H groups in total. The predicted molar refractivity (Wildman–Crippen MR) is 78.1 cm³/mol. The molecule has 2 heterocycles. The van der Waals surface area contributed by atoms with Crippen molar-refractivity contribution in [1.82, 2.24) is 20.4 Å². The molecule has 24 heavy (non-hydrogen) atoms. The maximum absolute atomic E-state index is 12.5. The predicted octanol–water partition coefficient (Wildman–Crippen LogP) is 2.19. The van der Waals surface area contributed by atoms with E-state index in [1.54, 1.807) is 17.0 Å². The van der Waals surface area contributed by atoms with Crippen molar-refractivity contribution in [2.45, 2.75) is 19.1 Å². The third-order valence-electron chi connectivity index (χ3n) is 3.82. The van der Waals surface area contributed by atoms with Crippen LogP contribution in [0.4, 0.5) is 13.2 Å². The highest BCUT2D eigenvalue weighted by Gasteiger charge is 2.38. The number of piperazine rings is 1. The third-order valence-corrected chi connectivity index (χ3v) is 3.82. The lowest BCUT2D eigenvalue weighted by Crippen LogP contribution is -2.52. The van der Waals surface area contributed by atoms with Gasteiger partial charge in [0.25, 0.3) is 5.91 Å². The maximum Gasteiger partial charge on any atom is 0.471 e. The van der Waals surface area contributed by atoms with E-state index >= 15 is 0 Å². The number of halogens is 3. The Morgan fingerprint density at radius 3 is 2.62 bits per heavy atom. The molecule has 6 nitrogen and oxygen atoms in total. The van der Waals surface area contributed by atoms with Crippen LogP contribution in [0.25, 0.3) is 11.4 Å². The van der Waals surface area contributed by atoms with Crippen molar-refractivity contribution in [3.8, 4) is 11.4 Å². The van der Waals surface area contributed by atoms with E-state index in [4.69, 9.17) is 0 Å². The maximum atomic E-state index is 12.5. The van der Waals surface area contributed by atoms with Gasteiger partial charge in [-0.3, -0.25) is 4.79 Å². The molecule has 1 aliphatic rings. The summed E-state index contributed by atoms with van der Waals surface area (Å²) in [5.41, 5.74) is 0.811. The summed E-state index contributed by atoms with van der Waals surface area (Å²) < 4.78 is 41.6. The van der Waals surface area contributed by atoms with Gasteiger partial charge in [-0.2, -0.15) is 18.2 Å². The minimum absolute atomic E-state index is 0.0810. The number of rotatable bonds is 2. The van der Waals surface area contributed by atoms with Gasteiger partial charge in [-0.05, 0) is 19.1 Å². The SMILES string of the molecule is C[C@@H]1CNCCN1C(=O)c1ccc(-c2noc(C(F)(F)F)n2)cc1. The fraction of sp³-hybridized carbons (Fsp3) is 0.400. The van der Waals surface area contributed by atoms with Gasteiger partial charge in [-0.15, -0.1) is 0 Å². The van der Waals surface area contributed by atoms with Crippen molar-refractivity contribution in [2.24, 2.45) is 0 Å². The lowest BCUT2D eigenvalue weighted by molar-refractivity contribution is -0.159. The summed E-state index contributed by atoms with van der Waals surface area (Å²) in [6.07, 6.45) is -4.68. The largest absolute Gasteiger partial charge is 0.471 e. The minimum atomic E-state index is -4.68. The Balaban J connectivity index is 1.78. The zero-order chi connectivity index (χ0) is 17.3. The standard InChI is InChI=1S/C15H15F3N4O2/c1-9-8-19-6-7-22(9)13(23)11-4-2-10(3-5-11)12-20-14(24-21-12)15(16,17)18/h2-5,9,19H,6-8H2,1H3/t9-/m1/s1. The summed E-state index contributed by atoms with van der Waals surface area (Å²) in [4.78, 5) is 17.6. The lowest BCUT2D eigenvalue weighted by Gasteiger charge is -2.34. The van der Waals surface area contributed by atoms with Gasteiger partial charge in [0.1, 0.15) is 0 Å². The molecule has 0 spiro atoms. The summed E-state index contributed by atoms with van der Waals surface area (Å²) in [5, 5.41) is 6.52. The first-order chi connectivity index (χ1) is 11.4. The number of carbonyl (C=O) groups is 1. The molecular weight excluding hydrogens is 325 g/mol. The normalized spacial score (nSPS) is 18.7. The van der Waals surface area contributed by atoms with Crippen LogP contribution in [0.3, 0.4) is 0 Å². The molecular formula is C15H15F3N4O2. The van der Waals surface area contributed by atoms with E-state index in [1.165, 1.54) is 12.1 Å². The van der Waals surface area contributed by atoms with Gasteiger partial charge in [-0.25, -0.2) is 0 Å². The van der Waals surface area contributed by atoms with Crippen LogP contribution in [0.1, 0.15) is 23.2 Å². The molecule has 0 bridgehead atoms. The van der Waals surface area contributed by atoms with Crippen molar-refractivity contribution in [3.63, 3.8) is 0 Å². The van der Waals surface area contributed by atoms with E-state index in [2.05, 4.69) is 20.0 Å². The second kappa shape index (κ2) is 6.23. The van der Waals surface area contributed by atoms with Gasteiger partial charge in [0.2, 0.25) is 5.82 Å². The first kappa shape index (κ1) is 16.4. The number of alkyl halides is 3. The van der Waals surface area contributed by atoms with E-state index in [0.29, 0.717) is 17.7 Å². The molecule has 9 heteroatoms. The molecule has 0 saturated carbocycles. The van der Waals surface area contributed by atoms with Crippen molar-refractivity contribution in [1.29, 1.82) is 0 Å². The summed E-state index contributed by atoms with van der Waals surface area (Å²) in [5.74, 6) is -1.68. The zero-order valence-electron chi connectivity index (χ0n) is 12.8. The van der Waals surface area contributed by atoms with Gasteiger partial charge in [0.15, 0.2) is 0 Å². The Hall–Kier alpha value is -2.42. The topological polar surface area (TPSA) is 71.3 Å². The molecule has 1 aromatic carbocycles. The van der Waals surface area contributed by atoms with Crippen molar-refractivity contribution in [2.75, 3.05) is 19.6 Å². The lowest BCUT2D eigenvalue weighted by atomic mass is 10.1. The number of carbonyl (C=O) groups excluding carboxylic acids is 1. The van der Waals surface area contributed by atoms with Crippen LogP contribution in [-0.2, 0) is 6.18 Å². The van der Waals surface area contributed by atoms with Gasteiger partial charge in [-0.1, -0.05) is 17.3 Å². The number of hydrogen-bond donors (Lipinski definition) is 1. The average Bonchev–Trinajstić information content (AvgIpc) is 3.05. The summed E-state index contributed by atoms with van der Waals surface area (Å²) >= 11 is 0. The van der Waals surface area contributed by atoms with Crippen LogP contribution in [0.15, 0.2) is 28.8 Å². The highest BCUT2D eigenvalue weighted by atomic mass is 19.4. The monoisotopic (exact) mass is 340 g/mol. The second-order valence-electron chi connectivity index (χ2n) is 5.55. The summed E-state index contributed by atoms with van der Waals surface area (Å²) in [7, 11) is 0. The second-order valence-corrected chi connectivity index (χ2v) is 5.55. The van der Waals surface area contributed by atoms with Crippen molar-refractivity contribution in [3.05, 3.63) is 35.7 Å². The summed E-state index contributed by atoms with van der Waals surface area (Å²) in [6.45, 7) is 4.03. The van der Waals surface area contributed by atoms with E-state index in [9.17, 15) is 18.0 Å². The molecule has 0 aliphatic carbocycles. The molecule has 0 radical (unpaired) electrons. The highest BCUT2D eigenvalue weighted by molar-refractivity contribution is 5.95. The molecule has 1 aromatic heterocycles. The number of amides is 1. The number of benzene rings is 1. The molecule has 1 saturated heterocycles. The first-order valence-corrected chi connectivity index (χ1v) is 7.39. The summed E-state index contributed by atoms with van der Waals surface area (Å²) in [6, 6.07) is 6.19. The number of nitrogens with one attached hydrogen (secondary N) is 1. The van der Waals surface area contributed by atoms with Gasteiger partial charge < -0.3 is 14.7 Å². The Morgan fingerprint density at radius 1 is 1.33 bits per heavy atom. The number of hydrogen-bond acceptors (Lipinski definition) is 5. The fourth-order valence-corrected chi connectivity index (χ4v) is 2.53. The Bertz CT molecular complexity index is 727. The highest BCUT2D eigenvalue weighted by Crippen LogP contribution is 2.29. The van der Waals surface area contributed by atoms with E-state index in [-0.39, 0.29) is 17.8 Å². The zero-order valence-corrected chi connectivity index (χ0v) is 12.8. The molecule has 1 amide bonds. The molecule has 1 fully saturated rings. The Morgan fingerprint density at radius 2 is 2.04 bits per heavy atom. The molecule has 0 unspecified atom stereocenters. The fourth-order valence-electron chi connectivity index (χ4n) is 2.53. The third kappa shape index (κ3) is 3.25. The van der Waals surface area contributed by atoms with Crippen LogP contribution in [-0.4, -0.2) is 46.6 Å². The van der Waals surface area contributed by atoms with Crippen molar-refractivity contribution < 1.29 is 22.5 Å². The van der Waals surface area contributed by atoms with Gasteiger partial charge in [0.05, 0.1) is 0 Å². The van der Waals surface area contributed by atoms with Crippen LogP contribution in [0, 0.1) is 0 Å². The van der Waals surface area contributed by atoms with E-state index in [1.807, 2.05) is 6.92 Å². The minimum Gasteiger partial charge on any atom is -0.333 e. The molecule has 1 atom stereocenters. The van der Waals surface area contributed by atoms with E-state index < -0.39 is 12.1 Å². The number of nitrogens with zero attached hydrogens (tertiary/aromatic N) is 3. The average molecular weight is 340 g/mol. The van der Waals surface area contributed by atoms with Gasteiger partial charge >= 0.3 is 12.1 Å². The number of aromatic nitrogens is 2. The van der Waals surface area contributed by atoms with Crippen LogP contribution in [0.5, 0.6) is 0 Å².